The first kappa shape index (κ1) is 11.3. The third-order valence-electron chi connectivity index (χ3n) is 3.03. The lowest BCUT2D eigenvalue weighted by atomic mass is 9.64. The average molecular weight is 201 g/mol. The average Bonchev–Trinajstić information content (AvgIpc) is 2.12. The van der Waals surface area contributed by atoms with E-state index in [2.05, 4.69) is 19.2 Å². The Morgan fingerprint density at radius 2 is 2.21 bits per heavy atom. The zero-order chi connectivity index (χ0) is 10.8. The molecule has 2 atom stereocenters. The van der Waals surface area contributed by atoms with Crippen molar-refractivity contribution in [1.82, 2.24) is 5.32 Å². The zero-order valence-corrected chi connectivity index (χ0v) is 9.29. The number of amides is 1. The van der Waals surface area contributed by atoms with E-state index in [1.54, 1.807) is 14.0 Å². The first-order chi connectivity index (χ1) is 6.52. The fourth-order valence-corrected chi connectivity index (χ4v) is 1.85. The van der Waals surface area contributed by atoms with Crippen molar-refractivity contribution < 1.29 is 14.3 Å². The molecule has 0 aromatic rings. The summed E-state index contributed by atoms with van der Waals surface area (Å²) in [6, 6.07) is 0.159. The van der Waals surface area contributed by atoms with Gasteiger partial charge in [0.1, 0.15) is 0 Å². The summed E-state index contributed by atoms with van der Waals surface area (Å²) >= 11 is 0. The summed E-state index contributed by atoms with van der Waals surface area (Å²) in [4.78, 5) is 11.2. The van der Waals surface area contributed by atoms with Crippen LogP contribution in [0.4, 0.5) is 4.79 Å². The SMILES string of the molecule is CCOC(=O)NC1CC(OC)C1(C)C. The summed E-state index contributed by atoms with van der Waals surface area (Å²) in [6.07, 6.45) is 0.761. The number of carbonyl (C=O) groups is 1. The van der Waals surface area contributed by atoms with Crippen LogP contribution in [0.2, 0.25) is 0 Å². The molecule has 1 saturated carbocycles. The van der Waals surface area contributed by atoms with Gasteiger partial charge in [-0.15, -0.1) is 0 Å². The van der Waals surface area contributed by atoms with E-state index in [0.717, 1.165) is 6.42 Å². The minimum absolute atomic E-state index is 0.00150. The molecular formula is C10H19NO3. The molecule has 0 aliphatic heterocycles. The smallest absolute Gasteiger partial charge is 0.407 e. The summed E-state index contributed by atoms with van der Waals surface area (Å²) in [6.45, 7) is 6.37. The molecule has 0 spiro atoms. The fraction of sp³-hybridized carbons (Fsp3) is 0.900. The van der Waals surface area contributed by atoms with Crippen LogP contribution < -0.4 is 5.32 Å². The third kappa shape index (κ3) is 2.00. The molecule has 1 aliphatic carbocycles. The van der Waals surface area contributed by atoms with Crippen molar-refractivity contribution in [3.63, 3.8) is 0 Å². The number of methoxy groups -OCH3 is 1. The second-order valence-corrected chi connectivity index (χ2v) is 4.20. The minimum Gasteiger partial charge on any atom is -0.450 e. The Labute approximate surface area is 85.0 Å². The van der Waals surface area contributed by atoms with Crippen molar-refractivity contribution >= 4 is 6.09 Å². The molecule has 1 N–H and O–H groups in total. The van der Waals surface area contributed by atoms with E-state index in [0.29, 0.717) is 6.61 Å². The Bertz CT molecular complexity index is 215. The van der Waals surface area contributed by atoms with Crippen LogP contribution in [-0.2, 0) is 9.47 Å². The van der Waals surface area contributed by atoms with Gasteiger partial charge >= 0.3 is 6.09 Å². The first-order valence-electron chi connectivity index (χ1n) is 4.98. The van der Waals surface area contributed by atoms with Crippen LogP contribution in [0, 0.1) is 5.41 Å². The molecule has 14 heavy (non-hydrogen) atoms. The number of ether oxygens (including phenoxy) is 2. The molecule has 0 heterocycles. The Kier molecular flexibility index (Phi) is 3.37. The fourth-order valence-electron chi connectivity index (χ4n) is 1.85. The van der Waals surface area contributed by atoms with Crippen molar-refractivity contribution in [3.05, 3.63) is 0 Å². The molecule has 4 heteroatoms. The van der Waals surface area contributed by atoms with E-state index < -0.39 is 0 Å². The van der Waals surface area contributed by atoms with E-state index in [1.807, 2.05) is 0 Å². The largest absolute Gasteiger partial charge is 0.450 e. The van der Waals surface area contributed by atoms with Crippen LogP contribution in [0.5, 0.6) is 0 Å². The number of rotatable bonds is 3. The summed E-state index contributed by atoms with van der Waals surface area (Å²) in [5.74, 6) is 0. The van der Waals surface area contributed by atoms with Crippen molar-refractivity contribution in [3.8, 4) is 0 Å². The number of hydrogen-bond donors (Lipinski definition) is 1. The van der Waals surface area contributed by atoms with E-state index in [4.69, 9.17) is 9.47 Å². The Morgan fingerprint density at radius 1 is 1.57 bits per heavy atom. The number of alkyl carbamates (subject to hydrolysis) is 1. The molecule has 4 nitrogen and oxygen atoms in total. The Balaban J connectivity index is 2.39. The normalized spacial score (nSPS) is 29.1. The summed E-state index contributed by atoms with van der Waals surface area (Å²) in [7, 11) is 1.70. The van der Waals surface area contributed by atoms with Crippen molar-refractivity contribution in [1.29, 1.82) is 0 Å². The van der Waals surface area contributed by atoms with Gasteiger partial charge in [0.25, 0.3) is 0 Å². The van der Waals surface area contributed by atoms with Crippen LogP contribution in [-0.4, -0.2) is 32.0 Å². The van der Waals surface area contributed by atoms with Crippen molar-refractivity contribution in [2.75, 3.05) is 13.7 Å². The topological polar surface area (TPSA) is 47.6 Å². The van der Waals surface area contributed by atoms with Gasteiger partial charge in [0, 0.05) is 18.6 Å². The number of nitrogens with one attached hydrogen (secondary N) is 1. The lowest BCUT2D eigenvalue weighted by Crippen LogP contribution is -2.61. The quantitative estimate of drug-likeness (QED) is 0.753. The second-order valence-electron chi connectivity index (χ2n) is 4.20. The predicted octanol–water partition coefficient (Wildman–Crippen LogP) is 1.55. The van der Waals surface area contributed by atoms with Gasteiger partial charge in [-0.2, -0.15) is 0 Å². The molecule has 2 unspecified atom stereocenters. The molecular weight excluding hydrogens is 182 g/mol. The first-order valence-corrected chi connectivity index (χ1v) is 4.98. The van der Waals surface area contributed by atoms with Gasteiger partial charge in [-0.3, -0.25) is 0 Å². The molecule has 0 bridgehead atoms. The molecule has 1 fully saturated rings. The highest BCUT2D eigenvalue weighted by atomic mass is 16.5. The van der Waals surface area contributed by atoms with Gasteiger partial charge in [0.05, 0.1) is 12.7 Å². The molecule has 82 valence electrons. The minimum atomic E-state index is -0.333. The highest BCUT2D eigenvalue weighted by Crippen LogP contribution is 2.42. The standard InChI is InChI=1S/C10H19NO3/c1-5-14-9(12)11-7-6-8(13-4)10(7,2)3/h7-8H,5-6H2,1-4H3,(H,11,12). The molecule has 0 aromatic heterocycles. The van der Waals surface area contributed by atoms with Crippen LogP contribution >= 0.6 is 0 Å². The van der Waals surface area contributed by atoms with Gasteiger partial charge in [-0.25, -0.2) is 4.79 Å². The van der Waals surface area contributed by atoms with Gasteiger partial charge in [0.15, 0.2) is 0 Å². The van der Waals surface area contributed by atoms with Gasteiger partial charge in [-0.1, -0.05) is 13.8 Å². The van der Waals surface area contributed by atoms with Crippen LogP contribution in [0.3, 0.4) is 0 Å². The van der Waals surface area contributed by atoms with Crippen LogP contribution in [0.25, 0.3) is 0 Å². The predicted molar refractivity (Wildman–Crippen MR) is 53.1 cm³/mol. The Morgan fingerprint density at radius 3 is 2.64 bits per heavy atom. The lowest BCUT2D eigenvalue weighted by molar-refractivity contribution is -0.0955. The number of carbonyl (C=O) groups excluding carboxylic acids is 1. The van der Waals surface area contributed by atoms with Crippen molar-refractivity contribution in [2.24, 2.45) is 5.41 Å². The van der Waals surface area contributed by atoms with E-state index in [-0.39, 0.29) is 23.7 Å². The molecule has 0 radical (unpaired) electrons. The van der Waals surface area contributed by atoms with Gasteiger partial charge in [0.2, 0.25) is 0 Å². The maximum Gasteiger partial charge on any atom is 0.407 e. The summed E-state index contributed by atoms with van der Waals surface area (Å²) in [5, 5.41) is 2.83. The van der Waals surface area contributed by atoms with Gasteiger partial charge in [-0.05, 0) is 13.3 Å². The molecule has 1 amide bonds. The highest BCUT2D eigenvalue weighted by molar-refractivity contribution is 5.67. The molecule has 1 aliphatic rings. The summed E-state index contributed by atoms with van der Waals surface area (Å²) < 4.78 is 10.1. The van der Waals surface area contributed by atoms with Crippen LogP contribution in [0.15, 0.2) is 0 Å². The monoisotopic (exact) mass is 201 g/mol. The molecule has 0 saturated heterocycles. The van der Waals surface area contributed by atoms with Gasteiger partial charge < -0.3 is 14.8 Å². The number of hydrogen-bond acceptors (Lipinski definition) is 3. The van der Waals surface area contributed by atoms with E-state index >= 15 is 0 Å². The molecule has 1 rings (SSSR count). The maximum absolute atomic E-state index is 11.2. The second kappa shape index (κ2) is 4.17. The third-order valence-corrected chi connectivity index (χ3v) is 3.03. The summed E-state index contributed by atoms with van der Waals surface area (Å²) in [5.41, 5.74) is 0.00150. The lowest BCUT2D eigenvalue weighted by Gasteiger charge is -2.50. The van der Waals surface area contributed by atoms with E-state index in [9.17, 15) is 4.79 Å². The Hall–Kier alpha value is -0.770. The maximum atomic E-state index is 11.2. The van der Waals surface area contributed by atoms with Crippen LogP contribution in [0.1, 0.15) is 27.2 Å². The van der Waals surface area contributed by atoms with E-state index in [1.165, 1.54) is 0 Å². The molecule has 0 aromatic carbocycles. The van der Waals surface area contributed by atoms with Crippen molar-refractivity contribution in [2.45, 2.75) is 39.3 Å². The zero-order valence-electron chi connectivity index (χ0n) is 9.29. The highest BCUT2D eigenvalue weighted by Gasteiger charge is 2.49.